The van der Waals surface area contributed by atoms with Gasteiger partial charge < -0.3 is 50.6 Å². The molecule has 10 nitrogen and oxygen atoms in total. The number of carbonyl (C=O) groups excluding carboxylic acids is 4. The Bertz CT molecular complexity index is 177. The Morgan fingerprint density at radius 1 is 0.500 bits per heavy atom. The molecule has 0 aliphatic carbocycles. The zero-order chi connectivity index (χ0) is 10.3. The van der Waals surface area contributed by atoms with Crippen molar-refractivity contribution in [3.8, 4) is 0 Å². The molecular weight excluding hydrogens is 325 g/mol. The van der Waals surface area contributed by atoms with E-state index in [0.29, 0.717) is 0 Å². The molecule has 0 heterocycles. The van der Waals surface area contributed by atoms with E-state index < -0.39 is 23.9 Å². The molecule has 0 unspecified atom stereocenters. The maximum atomic E-state index is 8.93. The Balaban J connectivity index is -0.0000000250. The van der Waals surface area contributed by atoms with Crippen LogP contribution in [0.3, 0.4) is 0 Å². The Kier molecular flexibility index (Phi) is 44.1. The van der Waals surface area contributed by atoms with Gasteiger partial charge in [-0.25, -0.2) is 0 Å². The maximum absolute atomic E-state index is 8.93. The van der Waals surface area contributed by atoms with Gasteiger partial charge in [0, 0.05) is 0 Å². The SMILES string of the molecule is O.O.O=C([O-])C(=O)[O-].O=C([O-])C(=O)[O-].[Ni+2].[Ni+2]. The summed E-state index contributed by atoms with van der Waals surface area (Å²) < 4.78 is 0. The van der Waals surface area contributed by atoms with Crippen LogP contribution in [0.5, 0.6) is 0 Å². The van der Waals surface area contributed by atoms with Gasteiger partial charge in [-0.3, -0.25) is 0 Å². The standard InChI is InChI=1S/2C2H2O4.2Ni.2H2O/c2*3-1(4)2(5)6;;;;/h2*(H,3,4)(H,5,6);;;2*1H2/q;;2*+2;;/p-4. The van der Waals surface area contributed by atoms with Gasteiger partial charge in [0.25, 0.3) is 0 Å². The number of carbonyl (C=O) groups is 4. The summed E-state index contributed by atoms with van der Waals surface area (Å²) in [6, 6.07) is 0. The first-order valence-corrected chi connectivity index (χ1v) is 2.13. The normalized spacial score (nSPS) is 5.50. The maximum Gasteiger partial charge on any atom is 2.00 e. The smallest absolute Gasteiger partial charge is 0.543 e. The third kappa shape index (κ3) is 38.6. The molecule has 12 heteroatoms. The monoisotopic (exact) mass is 328 g/mol. The Hall–Kier alpha value is -1.21. The van der Waals surface area contributed by atoms with Gasteiger partial charge in [0.05, 0.1) is 23.9 Å². The van der Waals surface area contributed by atoms with E-state index in [2.05, 4.69) is 0 Å². The van der Waals surface area contributed by atoms with Crippen molar-refractivity contribution in [3.63, 3.8) is 0 Å². The van der Waals surface area contributed by atoms with Crippen LogP contribution in [0.15, 0.2) is 0 Å². The molecular formula is C4H4Ni2O10. The third-order valence-corrected chi connectivity index (χ3v) is 0.333. The fourth-order valence-corrected chi connectivity index (χ4v) is 0. The molecule has 0 aliphatic rings. The van der Waals surface area contributed by atoms with Crippen molar-refractivity contribution in [2.24, 2.45) is 0 Å². The van der Waals surface area contributed by atoms with E-state index in [-0.39, 0.29) is 43.9 Å². The molecule has 0 saturated carbocycles. The van der Waals surface area contributed by atoms with E-state index in [1.807, 2.05) is 0 Å². The predicted octanol–water partition coefficient (Wildman–Crippen LogP) is -8.68. The summed E-state index contributed by atoms with van der Waals surface area (Å²) >= 11 is 0. The van der Waals surface area contributed by atoms with E-state index in [4.69, 9.17) is 39.6 Å². The fourth-order valence-electron chi connectivity index (χ4n) is 0. The minimum atomic E-state index is -2.19. The third-order valence-electron chi connectivity index (χ3n) is 0.333. The number of carboxylic acids is 4. The fraction of sp³-hybridized carbons (Fsp3) is 0. The molecule has 0 aliphatic heterocycles. The molecule has 0 amide bonds. The molecule has 0 atom stereocenters. The molecule has 0 fully saturated rings. The topological polar surface area (TPSA) is 224 Å². The number of carboxylic acid groups (broad SMARTS) is 4. The van der Waals surface area contributed by atoms with Crippen molar-refractivity contribution >= 4 is 23.9 Å². The first-order chi connectivity index (χ1) is 5.29. The molecule has 16 heavy (non-hydrogen) atoms. The number of rotatable bonds is 0. The van der Waals surface area contributed by atoms with Crippen molar-refractivity contribution < 1.29 is 83.5 Å². The molecule has 100 valence electrons. The van der Waals surface area contributed by atoms with Gasteiger partial charge in [0.15, 0.2) is 0 Å². The summed E-state index contributed by atoms with van der Waals surface area (Å²) in [6.45, 7) is 0. The molecule has 4 N–H and O–H groups in total. The van der Waals surface area contributed by atoms with Crippen molar-refractivity contribution in [1.82, 2.24) is 0 Å². The summed E-state index contributed by atoms with van der Waals surface area (Å²) in [6.07, 6.45) is 0. The van der Waals surface area contributed by atoms with E-state index in [1.165, 1.54) is 0 Å². The van der Waals surface area contributed by atoms with Gasteiger partial charge in [-0.1, -0.05) is 0 Å². The number of aliphatic carboxylic acids is 4. The quantitative estimate of drug-likeness (QED) is 0.305. The van der Waals surface area contributed by atoms with Gasteiger partial charge in [-0.15, -0.1) is 0 Å². The molecule has 0 aromatic carbocycles. The van der Waals surface area contributed by atoms with E-state index >= 15 is 0 Å². The van der Waals surface area contributed by atoms with Crippen LogP contribution >= 0.6 is 0 Å². The minimum Gasteiger partial charge on any atom is -0.543 e. The van der Waals surface area contributed by atoms with Gasteiger partial charge in [0.2, 0.25) is 0 Å². The molecule has 0 rings (SSSR count). The molecule has 0 radical (unpaired) electrons. The van der Waals surface area contributed by atoms with Crippen LogP contribution in [-0.4, -0.2) is 34.8 Å². The average Bonchev–Trinajstić information content (AvgIpc) is 1.88. The van der Waals surface area contributed by atoms with E-state index in [1.54, 1.807) is 0 Å². The molecule has 0 saturated heterocycles. The summed E-state index contributed by atoms with van der Waals surface area (Å²) in [5.74, 6) is -8.74. The number of hydrogen-bond donors (Lipinski definition) is 0. The Morgan fingerprint density at radius 2 is 0.562 bits per heavy atom. The molecule has 0 bridgehead atoms. The van der Waals surface area contributed by atoms with Crippen molar-refractivity contribution in [2.75, 3.05) is 0 Å². The summed E-state index contributed by atoms with van der Waals surface area (Å²) in [5, 5.41) is 35.7. The van der Waals surface area contributed by atoms with Crippen LogP contribution in [0, 0.1) is 0 Å². The van der Waals surface area contributed by atoms with Crippen LogP contribution in [0.1, 0.15) is 0 Å². The summed E-state index contributed by atoms with van der Waals surface area (Å²) in [5.41, 5.74) is 0. The van der Waals surface area contributed by atoms with E-state index in [0.717, 1.165) is 0 Å². The largest absolute Gasteiger partial charge is 2.00 e. The second-order valence-corrected chi connectivity index (χ2v) is 1.15. The van der Waals surface area contributed by atoms with Gasteiger partial charge in [0.1, 0.15) is 0 Å². The predicted molar refractivity (Wildman–Crippen MR) is 27.3 cm³/mol. The minimum absolute atomic E-state index is 0. The zero-order valence-corrected chi connectivity index (χ0v) is 8.87. The molecule has 0 aromatic heterocycles. The van der Waals surface area contributed by atoms with E-state index in [9.17, 15) is 0 Å². The second kappa shape index (κ2) is 19.4. The van der Waals surface area contributed by atoms with Gasteiger partial charge in [-0.2, -0.15) is 0 Å². The van der Waals surface area contributed by atoms with Gasteiger partial charge in [-0.05, 0) is 0 Å². The van der Waals surface area contributed by atoms with Crippen LogP contribution < -0.4 is 20.4 Å². The van der Waals surface area contributed by atoms with Crippen LogP contribution in [0.4, 0.5) is 0 Å². The van der Waals surface area contributed by atoms with Crippen molar-refractivity contribution in [3.05, 3.63) is 0 Å². The zero-order valence-electron chi connectivity index (χ0n) is 6.90. The second-order valence-electron chi connectivity index (χ2n) is 1.15. The van der Waals surface area contributed by atoms with Crippen LogP contribution in [0.25, 0.3) is 0 Å². The number of hydrogen-bond acceptors (Lipinski definition) is 8. The Morgan fingerprint density at radius 3 is 0.562 bits per heavy atom. The van der Waals surface area contributed by atoms with Gasteiger partial charge >= 0.3 is 33.0 Å². The van der Waals surface area contributed by atoms with Crippen LogP contribution in [-0.2, 0) is 52.2 Å². The Labute approximate surface area is 108 Å². The molecule has 0 spiro atoms. The first-order valence-electron chi connectivity index (χ1n) is 2.13. The summed E-state index contributed by atoms with van der Waals surface area (Å²) in [7, 11) is 0. The van der Waals surface area contributed by atoms with Crippen molar-refractivity contribution in [2.45, 2.75) is 0 Å². The summed E-state index contributed by atoms with van der Waals surface area (Å²) in [4.78, 5) is 35.7. The average molecular weight is 329 g/mol. The van der Waals surface area contributed by atoms with Crippen LogP contribution in [0.2, 0.25) is 0 Å². The first kappa shape index (κ1) is 36.4. The molecule has 0 aromatic rings. The van der Waals surface area contributed by atoms with Crippen molar-refractivity contribution in [1.29, 1.82) is 0 Å².